The van der Waals surface area contributed by atoms with Crippen LogP contribution in [0, 0.1) is 5.82 Å². The SMILES string of the molecule is CC(=O)c1ccc(N2C(=O)OC[C@H]2C)cc1F. The molecule has 1 aliphatic rings. The number of amides is 1. The summed E-state index contributed by atoms with van der Waals surface area (Å²) in [4.78, 5) is 23.9. The summed E-state index contributed by atoms with van der Waals surface area (Å²) in [6, 6.07) is 3.97. The summed E-state index contributed by atoms with van der Waals surface area (Å²) in [7, 11) is 0. The summed E-state index contributed by atoms with van der Waals surface area (Å²) in [5, 5.41) is 0. The number of nitrogens with zero attached hydrogens (tertiary/aromatic N) is 1. The molecule has 1 fully saturated rings. The van der Waals surface area contributed by atoms with E-state index in [0.29, 0.717) is 5.69 Å². The van der Waals surface area contributed by atoms with Gasteiger partial charge in [0.2, 0.25) is 0 Å². The summed E-state index contributed by atoms with van der Waals surface area (Å²) < 4.78 is 18.5. The van der Waals surface area contributed by atoms with Crippen LogP contribution in [-0.4, -0.2) is 24.5 Å². The number of rotatable bonds is 2. The smallest absolute Gasteiger partial charge is 0.414 e. The van der Waals surface area contributed by atoms with Crippen molar-refractivity contribution in [3.8, 4) is 0 Å². The molecule has 90 valence electrons. The predicted octanol–water partition coefficient (Wildman–Crippen LogP) is 2.37. The van der Waals surface area contributed by atoms with Crippen LogP contribution in [0.25, 0.3) is 0 Å². The third kappa shape index (κ3) is 2.00. The summed E-state index contributed by atoms with van der Waals surface area (Å²) in [6.45, 7) is 3.39. The number of ketones is 1. The standard InChI is InChI=1S/C12H12FNO3/c1-7-6-17-12(16)14(7)9-3-4-10(8(2)15)11(13)5-9/h3-5,7H,6H2,1-2H3/t7-/m1/s1. The molecule has 17 heavy (non-hydrogen) atoms. The molecule has 0 radical (unpaired) electrons. The summed E-state index contributed by atoms with van der Waals surface area (Å²) in [5.41, 5.74) is 0.427. The van der Waals surface area contributed by atoms with E-state index in [1.165, 1.54) is 24.0 Å². The Labute approximate surface area is 98.0 Å². The van der Waals surface area contributed by atoms with Crippen LogP contribution in [0.5, 0.6) is 0 Å². The highest BCUT2D eigenvalue weighted by atomic mass is 19.1. The van der Waals surface area contributed by atoms with Crippen molar-refractivity contribution in [1.82, 2.24) is 0 Å². The molecule has 0 aliphatic carbocycles. The molecule has 5 heteroatoms. The van der Waals surface area contributed by atoms with Gasteiger partial charge in [-0.15, -0.1) is 0 Å². The Bertz CT molecular complexity index is 487. The molecule has 0 spiro atoms. The number of carbonyl (C=O) groups is 2. The van der Waals surface area contributed by atoms with E-state index in [2.05, 4.69) is 0 Å². The van der Waals surface area contributed by atoms with Gasteiger partial charge >= 0.3 is 6.09 Å². The Balaban J connectivity index is 2.38. The first kappa shape index (κ1) is 11.6. The normalized spacial score (nSPS) is 19.4. The zero-order valence-electron chi connectivity index (χ0n) is 9.57. The van der Waals surface area contributed by atoms with E-state index in [4.69, 9.17) is 4.74 Å². The fourth-order valence-electron chi connectivity index (χ4n) is 1.82. The molecule has 1 aromatic carbocycles. The zero-order valence-corrected chi connectivity index (χ0v) is 9.57. The van der Waals surface area contributed by atoms with Crippen molar-refractivity contribution in [3.63, 3.8) is 0 Å². The lowest BCUT2D eigenvalue weighted by molar-refractivity contribution is 0.101. The number of cyclic esters (lactones) is 1. The fraction of sp³-hybridized carbons (Fsp3) is 0.333. The number of carbonyl (C=O) groups excluding carboxylic acids is 2. The molecule has 0 saturated carbocycles. The Morgan fingerprint density at radius 3 is 2.71 bits per heavy atom. The van der Waals surface area contributed by atoms with Gasteiger partial charge in [0.15, 0.2) is 5.78 Å². The van der Waals surface area contributed by atoms with E-state index in [1.54, 1.807) is 6.07 Å². The van der Waals surface area contributed by atoms with Crippen LogP contribution in [0.1, 0.15) is 24.2 Å². The van der Waals surface area contributed by atoms with Gasteiger partial charge in [-0.05, 0) is 32.0 Å². The summed E-state index contributed by atoms with van der Waals surface area (Å²) in [5.74, 6) is -0.965. The third-order valence-corrected chi connectivity index (χ3v) is 2.70. The molecule has 0 unspecified atom stereocenters. The lowest BCUT2D eigenvalue weighted by Crippen LogP contribution is -2.31. The number of Topliss-reactive ketones (excluding diaryl/α,β-unsaturated/α-hetero) is 1. The number of hydrogen-bond acceptors (Lipinski definition) is 3. The van der Waals surface area contributed by atoms with Crippen molar-refractivity contribution in [2.24, 2.45) is 0 Å². The van der Waals surface area contributed by atoms with Crippen LogP contribution in [0.15, 0.2) is 18.2 Å². The summed E-state index contributed by atoms with van der Waals surface area (Å²) in [6.07, 6.45) is -0.493. The second-order valence-corrected chi connectivity index (χ2v) is 4.02. The Morgan fingerprint density at radius 1 is 1.53 bits per heavy atom. The molecule has 1 saturated heterocycles. The van der Waals surface area contributed by atoms with E-state index >= 15 is 0 Å². The van der Waals surface area contributed by atoms with E-state index < -0.39 is 11.9 Å². The van der Waals surface area contributed by atoms with Crippen LogP contribution in [0.4, 0.5) is 14.9 Å². The van der Waals surface area contributed by atoms with Crippen molar-refractivity contribution in [3.05, 3.63) is 29.6 Å². The molecule has 4 nitrogen and oxygen atoms in total. The van der Waals surface area contributed by atoms with Crippen molar-refractivity contribution in [2.45, 2.75) is 19.9 Å². The maximum atomic E-state index is 13.6. The second-order valence-electron chi connectivity index (χ2n) is 4.02. The Kier molecular flexibility index (Phi) is 2.83. The minimum Gasteiger partial charge on any atom is -0.447 e. The fourth-order valence-corrected chi connectivity index (χ4v) is 1.82. The molecular weight excluding hydrogens is 225 g/mol. The lowest BCUT2D eigenvalue weighted by atomic mass is 10.1. The van der Waals surface area contributed by atoms with Gasteiger partial charge in [0, 0.05) is 0 Å². The van der Waals surface area contributed by atoms with Crippen molar-refractivity contribution >= 4 is 17.6 Å². The predicted molar refractivity (Wildman–Crippen MR) is 59.7 cm³/mol. The zero-order chi connectivity index (χ0) is 12.6. The van der Waals surface area contributed by atoms with Gasteiger partial charge in [-0.1, -0.05) is 0 Å². The lowest BCUT2D eigenvalue weighted by Gasteiger charge is -2.18. The monoisotopic (exact) mass is 237 g/mol. The topological polar surface area (TPSA) is 46.6 Å². The van der Waals surface area contributed by atoms with Gasteiger partial charge in [-0.3, -0.25) is 9.69 Å². The maximum absolute atomic E-state index is 13.6. The first-order chi connectivity index (χ1) is 8.00. The molecule has 2 rings (SSSR count). The third-order valence-electron chi connectivity index (χ3n) is 2.70. The highest BCUT2D eigenvalue weighted by Gasteiger charge is 2.31. The molecule has 1 atom stereocenters. The van der Waals surface area contributed by atoms with Crippen LogP contribution in [0.3, 0.4) is 0 Å². The average Bonchev–Trinajstić information content (AvgIpc) is 2.58. The van der Waals surface area contributed by atoms with Crippen LogP contribution in [0.2, 0.25) is 0 Å². The van der Waals surface area contributed by atoms with Gasteiger partial charge in [0.1, 0.15) is 12.4 Å². The highest BCUT2D eigenvalue weighted by molar-refractivity contribution is 5.96. The van der Waals surface area contributed by atoms with Crippen LogP contribution < -0.4 is 4.90 Å². The molecular formula is C12H12FNO3. The Hall–Kier alpha value is -1.91. The van der Waals surface area contributed by atoms with Crippen LogP contribution in [-0.2, 0) is 4.74 Å². The Morgan fingerprint density at radius 2 is 2.24 bits per heavy atom. The molecule has 1 heterocycles. The molecule has 1 aliphatic heterocycles. The molecule has 0 bridgehead atoms. The highest BCUT2D eigenvalue weighted by Crippen LogP contribution is 2.25. The number of hydrogen-bond donors (Lipinski definition) is 0. The van der Waals surface area contributed by atoms with Crippen LogP contribution >= 0.6 is 0 Å². The van der Waals surface area contributed by atoms with Crippen molar-refractivity contribution < 1.29 is 18.7 Å². The maximum Gasteiger partial charge on any atom is 0.414 e. The minimum atomic E-state index is -0.623. The largest absolute Gasteiger partial charge is 0.447 e. The van der Waals surface area contributed by atoms with Gasteiger partial charge in [0.25, 0.3) is 0 Å². The average molecular weight is 237 g/mol. The van der Waals surface area contributed by atoms with E-state index in [0.717, 1.165) is 0 Å². The quantitative estimate of drug-likeness (QED) is 0.742. The van der Waals surface area contributed by atoms with Gasteiger partial charge in [-0.25, -0.2) is 9.18 Å². The number of ether oxygens (including phenoxy) is 1. The number of halogens is 1. The second kappa shape index (κ2) is 4.16. The van der Waals surface area contributed by atoms with E-state index in [1.807, 2.05) is 6.92 Å². The van der Waals surface area contributed by atoms with Gasteiger partial charge in [-0.2, -0.15) is 0 Å². The molecule has 0 N–H and O–H groups in total. The number of benzene rings is 1. The molecule has 0 aromatic heterocycles. The van der Waals surface area contributed by atoms with E-state index in [-0.39, 0.29) is 24.0 Å². The molecule has 1 aromatic rings. The van der Waals surface area contributed by atoms with Crippen molar-refractivity contribution in [2.75, 3.05) is 11.5 Å². The number of anilines is 1. The minimum absolute atomic E-state index is 0.0222. The van der Waals surface area contributed by atoms with E-state index in [9.17, 15) is 14.0 Å². The van der Waals surface area contributed by atoms with Gasteiger partial charge in [0.05, 0.1) is 17.3 Å². The molecule has 1 amide bonds. The van der Waals surface area contributed by atoms with Gasteiger partial charge < -0.3 is 4.74 Å². The first-order valence-electron chi connectivity index (χ1n) is 5.27. The summed E-state index contributed by atoms with van der Waals surface area (Å²) >= 11 is 0. The first-order valence-corrected chi connectivity index (χ1v) is 5.27. The van der Waals surface area contributed by atoms with Crippen molar-refractivity contribution in [1.29, 1.82) is 0 Å².